The van der Waals surface area contributed by atoms with Crippen LogP contribution in [0.15, 0.2) is 77.4 Å². The van der Waals surface area contributed by atoms with E-state index in [4.69, 9.17) is 4.74 Å². The minimum Gasteiger partial charge on any atom is -0.378 e. The number of carbonyl (C=O) groups is 1. The lowest BCUT2D eigenvalue weighted by Gasteiger charge is -2.53. The number of fused-ring (bicyclic) bond motifs is 4. The fourth-order valence-corrected chi connectivity index (χ4v) is 7.22. The molecule has 1 heterocycles. The number of ether oxygens (including phenoxy) is 1. The van der Waals surface area contributed by atoms with E-state index >= 15 is 0 Å². The lowest BCUT2D eigenvalue weighted by Crippen LogP contribution is -2.53. The van der Waals surface area contributed by atoms with Gasteiger partial charge in [0.1, 0.15) is 5.60 Å². The first-order valence-corrected chi connectivity index (χ1v) is 13.5. The first-order chi connectivity index (χ1) is 17.8. The van der Waals surface area contributed by atoms with Crippen molar-refractivity contribution >= 4 is 11.5 Å². The second-order valence-electron chi connectivity index (χ2n) is 11.6. The molecule has 0 amide bonds. The van der Waals surface area contributed by atoms with Crippen LogP contribution in [0.1, 0.15) is 56.1 Å². The van der Waals surface area contributed by atoms with Gasteiger partial charge >= 0.3 is 0 Å². The molecule has 4 heteroatoms. The molecule has 37 heavy (non-hydrogen) atoms. The van der Waals surface area contributed by atoms with Gasteiger partial charge in [-0.25, -0.2) is 0 Å². The third kappa shape index (κ3) is 3.97. The fraction of sp³-hybridized carbons (Fsp3) is 0.424. The average molecular weight is 494 g/mol. The second kappa shape index (κ2) is 9.01. The maximum Gasteiger partial charge on any atom is 0.156 e. The summed E-state index contributed by atoms with van der Waals surface area (Å²) in [5.41, 5.74) is 5.53. The highest BCUT2D eigenvalue weighted by Gasteiger charge is 2.63. The first kappa shape index (κ1) is 24.2. The van der Waals surface area contributed by atoms with Crippen molar-refractivity contribution in [2.45, 2.75) is 56.7 Å². The molecule has 6 rings (SSSR count). The molecule has 4 aliphatic rings. The summed E-state index contributed by atoms with van der Waals surface area (Å²) in [6.45, 7) is 2.70. The number of rotatable bonds is 2. The zero-order valence-corrected chi connectivity index (χ0v) is 22.0. The molecule has 0 spiro atoms. The summed E-state index contributed by atoms with van der Waals surface area (Å²) in [7, 11) is 4.11. The van der Waals surface area contributed by atoms with Crippen molar-refractivity contribution in [2.75, 3.05) is 25.6 Å². The Morgan fingerprint density at radius 2 is 1.81 bits per heavy atom. The second-order valence-corrected chi connectivity index (χ2v) is 11.6. The van der Waals surface area contributed by atoms with Gasteiger partial charge in [-0.3, -0.25) is 4.79 Å². The highest BCUT2D eigenvalue weighted by atomic mass is 16.5. The van der Waals surface area contributed by atoms with Crippen LogP contribution in [0, 0.1) is 23.2 Å². The van der Waals surface area contributed by atoms with Crippen LogP contribution in [0.25, 0.3) is 0 Å². The molecular weight excluding hydrogens is 458 g/mol. The van der Waals surface area contributed by atoms with Crippen molar-refractivity contribution in [2.24, 2.45) is 11.3 Å². The lowest BCUT2D eigenvalue weighted by molar-refractivity contribution is -0.115. The van der Waals surface area contributed by atoms with Crippen LogP contribution in [-0.2, 0) is 9.53 Å². The summed E-state index contributed by atoms with van der Waals surface area (Å²) in [6.07, 6.45) is 5.41. The number of ketones is 1. The van der Waals surface area contributed by atoms with Crippen LogP contribution in [0.5, 0.6) is 0 Å². The summed E-state index contributed by atoms with van der Waals surface area (Å²) in [5.74, 6) is 7.10. The summed E-state index contributed by atoms with van der Waals surface area (Å²) in [5, 5.41) is 12.1. The molecule has 2 saturated carbocycles. The summed E-state index contributed by atoms with van der Waals surface area (Å²) < 4.78 is 6.60. The maximum atomic E-state index is 12.2. The molecule has 2 fully saturated rings. The largest absolute Gasteiger partial charge is 0.378 e. The lowest BCUT2D eigenvalue weighted by atomic mass is 9.55. The van der Waals surface area contributed by atoms with Crippen LogP contribution in [0.4, 0.5) is 5.69 Å². The Morgan fingerprint density at radius 1 is 1.05 bits per heavy atom. The molecule has 2 unspecified atom stereocenters. The minimum atomic E-state index is -1.09. The normalized spacial score (nSPS) is 32.5. The Labute approximate surface area is 220 Å². The number of anilines is 1. The number of aliphatic hydroxyl groups is 1. The zero-order chi connectivity index (χ0) is 25.8. The van der Waals surface area contributed by atoms with Crippen molar-refractivity contribution in [3.63, 3.8) is 0 Å². The standard InChI is InChI=1S/C33H35NO3/c1-32-20-28(23-9-11-25(12-10-23)34(2)3)30-27-14-13-26(35)19-24(27)21-37-31(30)29(32)16-18-33(32,36)17-15-22-7-5-4-6-8-22/h4-12,19,28-29,31,36H,13-14,16,18,20-21H2,1-3H3/t28-,29?,31?,32+,33+/m1/s1. The van der Waals surface area contributed by atoms with E-state index < -0.39 is 11.0 Å². The molecule has 0 saturated heterocycles. The van der Waals surface area contributed by atoms with Gasteiger partial charge in [0, 0.05) is 43.1 Å². The van der Waals surface area contributed by atoms with Crippen LogP contribution < -0.4 is 4.90 Å². The monoisotopic (exact) mass is 493 g/mol. The highest BCUT2D eigenvalue weighted by molar-refractivity contribution is 5.93. The van der Waals surface area contributed by atoms with Gasteiger partial charge in [-0.15, -0.1) is 0 Å². The van der Waals surface area contributed by atoms with E-state index in [1.165, 1.54) is 16.7 Å². The molecule has 5 atom stereocenters. The van der Waals surface area contributed by atoms with E-state index in [0.29, 0.717) is 19.4 Å². The van der Waals surface area contributed by atoms with Gasteiger partial charge in [-0.05, 0) is 84.2 Å². The molecular formula is C33H35NO3. The molecule has 3 aliphatic carbocycles. The van der Waals surface area contributed by atoms with E-state index in [9.17, 15) is 9.90 Å². The number of hydrogen-bond donors (Lipinski definition) is 1. The molecule has 0 bridgehead atoms. The number of hydrogen-bond acceptors (Lipinski definition) is 4. The number of allylic oxidation sites excluding steroid dienone is 1. The first-order valence-electron chi connectivity index (χ1n) is 13.5. The van der Waals surface area contributed by atoms with Crippen molar-refractivity contribution in [1.29, 1.82) is 0 Å². The molecule has 0 radical (unpaired) electrons. The summed E-state index contributed by atoms with van der Waals surface area (Å²) >= 11 is 0. The minimum absolute atomic E-state index is 0.0647. The fourth-order valence-electron chi connectivity index (χ4n) is 7.22. The SMILES string of the molecule is CN(C)c1ccc([C@H]2C[C@@]3(C)C(CC[C@@]3(O)C#Cc3ccccc3)C3OCC4=CC(=O)CCC4=C32)cc1. The van der Waals surface area contributed by atoms with Gasteiger partial charge in [0.25, 0.3) is 0 Å². The number of nitrogens with zero attached hydrogens (tertiary/aromatic N) is 1. The highest BCUT2D eigenvalue weighted by Crippen LogP contribution is 2.64. The van der Waals surface area contributed by atoms with Crippen molar-refractivity contribution < 1.29 is 14.6 Å². The zero-order valence-electron chi connectivity index (χ0n) is 22.0. The molecule has 0 aromatic heterocycles. The molecule has 2 aromatic rings. The average Bonchev–Trinajstić information content (AvgIpc) is 3.17. The van der Waals surface area contributed by atoms with Gasteiger partial charge in [0.05, 0.1) is 12.7 Å². The van der Waals surface area contributed by atoms with Crippen LogP contribution in [0.2, 0.25) is 0 Å². The van der Waals surface area contributed by atoms with Crippen LogP contribution in [0.3, 0.4) is 0 Å². The van der Waals surface area contributed by atoms with Crippen LogP contribution in [-0.4, -0.2) is 43.3 Å². The van der Waals surface area contributed by atoms with E-state index in [1.54, 1.807) is 6.08 Å². The summed E-state index contributed by atoms with van der Waals surface area (Å²) in [4.78, 5) is 14.3. The van der Waals surface area contributed by atoms with Gasteiger partial charge in [-0.1, -0.05) is 49.1 Å². The van der Waals surface area contributed by atoms with Gasteiger partial charge in [0.15, 0.2) is 5.78 Å². The number of carbonyl (C=O) groups excluding carboxylic acids is 1. The third-order valence-corrected chi connectivity index (χ3v) is 9.37. The predicted molar refractivity (Wildman–Crippen MR) is 146 cm³/mol. The Bertz CT molecular complexity index is 1340. The third-order valence-electron chi connectivity index (χ3n) is 9.37. The Balaban J connectivity index is 1.46. The molecule has 1 aliphatic heterocycles. The number of benzene rings is 2. The van der Waals surface area contributed by atoms with E-state index in [1.807, 2.05) is 30.3 Å². The Hall–Kier alpha value is -3.13. The predicted octanol–water partition coefficient (Wildman–Crippen LogP) is 5.42. The van der Waals surface area contributed by atoms with Crippen LogP contribution >= 0.6 is 0 Å². The molecule has 4 nitrogen and oxygen atoms in total. The maximum absolute atomic E-state index is 12.2. The smallest absolute Gasteiger partial charge is 0.156 e. The Kier molecular flexibility index (Phi) is 5.90. The molecule has 190 valence electrons. The van der Waals surface area contributed by atoms with Crippen molar-refractivity contribution in [1.82, 2.24) is 0 Å². The van der Waals surface area contributed by atoms with Gasteiger partial charge < -0.3 is 14.7 Å². The molecule has 2 aromatic carbocycles. The van der Waals surface area contributed by atoms with Gasteiger partial charge in [0.2, 0.25) is 0 Å². The van der Waals surface area contributed by atoms with Crippen molar-refractivity contribution in [3.05, 3.63) is 88.5 Å². The Morgan fingerprint density at radius 3 is 2.54 bits per heavy atom. The summed E-state index contributed by atoms with van der Waals surface area (Å²) in [6, 6.07) is 18.7. The van der Waals surface area contributed by atoms with E-state index in [2.05, 4.69) is 62.0 Å². The van der Waals surface area contributed by atoms with Crippen molar-refractivity contribution in [3.8, 4) is 11.8 Å². The topological polar surface area (TPSA) is 49.8 Å². The van der Waals surface area contributed by atoms with E-state index in [-0.39, 0.29) is 23.7 Å². The van der Waals surface area contributed by atoms with E-state index in [0.717, 1.165) is 36.1 Å². The van der Waals surface area contributed by atoms with Gasteiger partial charge in [-0.2, -0.15) is 0 Å². The quantitative estimate of drug-likeness (QED) is 0.568. The molecule has 1 N–H and O–H groups in total.